The van der Waals surface area contributed by atoms with Gasteiger partial charge in [-0.1, -0.05) is 23.7 Å². The largest absolute Gasteiger partial charge is 0.448 e. The Hall–Kier alpha value is -1.46. The molecule has 0 saturated carbocycles. The third-order valence-electron chi connectivity index (χ3n) is 2.58. The molecule has 1 aromatic carbocycles. The van der Waals surface area contributed by atoms with Gasteiger partial charge in [0.05, 0.1) is 5.88 Å². The van der Waals surface area contributed by atoms with Crippen molar-refractivity contribution in [3.8, 4) is 0 Å². The van der Waals surface area contributed by atoms with Crippen LogP contribution in [0.4, 0.5) is 4.79 Å². The second-order valence-corrected chi connectivity index (χ2v) is 5.04. The Morgan fingerprint density at radius 1 is 1.10 bits per heavy atom. The van der Waals surface area contributed by atoms with Gasteiger partial charge in [0.15, 0.2) is 0 Å². The van der Waals surface area contributed by atoms with Crippen LogP contribution >= 0.6 is 23.2 Å². The van der Waals surface area contributed by atoms with Crippen molar-refractivity contribution in [2.45, 2.75) is 12.8 Å². The van der Waals surface area contributed by atoms with E-state index < -0.39 is 6.09 Å². The zero-order chi connectivity index (χ0) is 15.5. The highest BCUT2D eigenvalue weighted by Gasteiger charge is 2.03. The number of hydrogen-bond donors (Lipinski definition) is 2. The minimum Gasteiger partial charge on any atom is -0.448 e. The molecule has 1 aromatic rings. The van der Waals surface area contributed by atoms with Crippen LogP contribution in [-0.4, -0.2) is 37.6 Å². The van der Waals surface area contributed by atoms with Crippen LogP contribution in [0.1, 0.15) is 12.0 Å². The van der Waals surface area contributed by atoms with E-state index >= 15 is 0 Å². The molecule has 116 valence electrons. The molecule has 21 heavy (non-hydrogen) atoms. The standard InChI is InChI=1S/C14H18Cl2N2O3/c15-7-10-21-14(20)18-9-8-17-13(19)6-3-11-1-4-12(16)5-2-11/h1-2,4-5H,3,6-10H2,(H,17,19)(H,18,20). The Morgan fingerprint density at radius 2 is 1.76 bits per heavy atom. The van der Waals surface area contributed by atoms with Crippen LogP contribution < -0.4 is 10.6 Å². The number of nitrogens with one attached hydrogen (secondary N) is 2. The predicted octanol–water partition coefficient (Wildman–Crippen LogP) is 2.35. The number of hydrogen-bond acceptors (Lipinski definition) is 3. The number of benzene rings is 1. The number of alkyl carbamates (subject to hydrolysis) is 1. The van der Waals surface area contributed by atoms with E-state index in [1.807, 2.05) is 12.1 Å². The van der Waals surface area contributed by atoms with Crippen molar-refractivity contribution >= 4 is 35.2 Å². The van der Waals surface area contributed by atoms with E-state index in [4.69, 9.17) is 27.9 Å². The monoisotopic (exact) mass is 332 g/mol. The highest BCUT2D eigenvalue weighted by Crippen LogP contribution is 2.10. The van der Waals surface area contributed by atoms with Crippen molar-refractivity contribution in [2.75, 3.05) is 25.6 Å². The summed E-state index contributed by atoms with van der Waals surface area (Å²) in [5, 5.41) is 5.89. The van der Waals surface area contributed by atoms with Crippen LogP contribution in [0, 0.1) is 0 Å². The Kier molecular flexibility index (Phi) is 8.62. The summed E-state index contributed by atoms with van der Waals surface area (Å²) in [4.78, 5) is 22.7. The number of rotatable bonds is 8. The molecule has 0 radical (unpaired) electrons. The van der Waals surface area contributed by atoms with Gasteiger partial charge in [0.2, 0.25) is 5.91 Å². The molecule has 0 aliphatic rings. The summed E-state index contributed by atoms with van der Waals surface area (Å²) in [6.07, 6.45) is 0.498. The fourth-order valence-electron chi connectivity index (χ4n) is 1.55. The molecule has 0 unspecified atom stereocenters. The maximum Gasteiger partial charge on any atom is 0.407 e. The fourth-order valence-corrected chi connectivity index (χ4v) is 1.75. The summed E-state index contributed by atoms with van der Waals surface area (Å²) < 4.78 is 4.71. The van der Waals surface area contributed by atoms with Gasteiger partial charge in [-0.2, -0.15) is 0 Å². The van der Waals surface area contributed by atoms with Gasteiger partial charge in [0, 0.05) is 24.5 Å². The summed E-state index contributed by atoms with van der Waals surface area (Å²) in [5.41, 5.74) is 1.05. The SMILES string of the molecule is O=C(CCc1ccc(Cl)cc1)NCCNC(=O)OCCCl. The maximum atomic E-state index is 11.6. The third-order valence-corrected chi connectivity index (χ3v) is 2.99. The van der Waals surface area contributed by atoms with Gasteiger partial charge in [0.25, 0.3) is 0 Å². The summed E-state index contributed by atoms with van der Waals surface area (Å²) in [5.74, 6) is 0.190. The Balaban J connectivity index is 2.08. The van der Waals surface area contributed by atoms with Crippen molar-refractivity contribution in [1.82, 2.24) is 10.6 Å². The molecule has 0 saturated heterocycles. The number of carbonyl (C=O) groups excluding carboxylic acids is 2. The summed E-state index contributed by atoms with van der Waals surface area (Å²) >= 11 is 11.2. The molecule has 0 aliphatic carbocycles. The number of aryl methyl sites for hydroxylation is 1. The first-order valence-corrected chi connectivity index (χ1v) is 7.51. The third kappa shape index (κ3) is 8.42. The molecular formula is C14H18Cl2N2O3. The maximum absolute atomic E-state index is 11.6. The van der Waals surface area contributed by atoms with Gasteiger partial charge in [0.1, 0.15) is 6.61 Å². The highest BCUT2D eigenvalue weighted by atomic mass is 35.5. The molecule has 0 aliphatic heterocycles. The van der Waals surface area contributed by atoms with Gasteiger partial charge in [-0.25, -0.2) is 4.79 Å². The normalized spacial score (nSPS) is 10.0. The number of alkyl halides is 1. The fraction of sp³-hybridized carbons (Fsp3) is 0.429. The first-order valence-electron chi connectivity index (χ1n) is 6.59. The topological polar surface area (TPSA) is 67.4 Å². The average molecular weight is 333 g/mol. The van der Waals surface area contributed by atoms with Crippen LogP contribution in [0.2, 0.25) is 5.02 Å². The Morgan fingerprint density at radius 3 is 2.43 bits per heavy atom. The van der Waals surface area contributed by atoms with Gasteiger partial charge >= 0.3 is 6.09 Å². The Bertz CT molecular complexity index is 452. The lowest BCUT2D eigenvalue weighted by Gasteiger charge is -2.07. The number of ether oxygens (including phenoxy) is 1. The molecule has 2 amide bonds. The van der Waals surface area contributed by atoms with Crippen LogP contribution in [0.15, 0.2) is 24.3 Å². The van der Waals surface area contributed by atoms with E-state index in [-0.39, 0.29) is 18.4 Å². The average Bonchev–Trinajstić information content (AvgIpc) is 2.49. The quantitative estimate of drug-likeness (QED) is 0.567. The zero-order valence-electron chi connectivity index (χ0n) is 11.5. The van der Waals surface area contributed by atoms with Crippen molar-refractivity contribution in [3.63, 3.8) is 0 Å². The smallest absolute Gasteiger partial charge is 0.407 e. The molecule has 0 aromatic heterocycles. The first kappa shape index (κ1) is 17.6. The summed E-state index contributed by atoms with van der Waals surface area (Å²) in [7, 11) is 0. The van der Waals surface area contributed by atoms with Gasteiger partial charge in [-0.3, -0.25) is 4.79 Å². The first-order chi connectivity index (χ1) is 10.1. The number of halogens is 2. The molecule has 2 N–H and O–H groups in total. The van der Waals surface area contributed by atoms with Gasteiger partial charge < -0.3 is 15.4 Å². The molecule has 0 bridgehead atoms. The van der Waals surface area contributed by atoms with Crippen LogP contribution in [-0.2, 0) is 16.0 Å². The summed E-state index contributed by atoms with van der Waals surface area (Å²) in [6, 6.07) is 7.38. The molecule has 0 atom stereocenters. The van der Waals surface area contributed by atoms with Crippen molar-refractivity contribution in [3.05, 3.63) is 34.9 Å². The molecule has 1 rings (SSSR count). The number of amides is 2. The van der Waals surface area contributed by atoms with Gasteiger partial charge in [-0.15, -0.1) is 11.6 Å². The molecular weight excluding hydrogens is 315 g/mol. The van der Waals surface area contributed by atoms with Crippen molar-refractivity contribution < 1.29 is 14.3 Å². The minimum absolute atomic E-state index is 0.0686. The lowest BCUT2D eigenvalue weighted by molar-refractivity contribution is -0.121. The molecule has 0 fully saturated rings. The van der Waals surface area contributed by atoms with Crippen molar-refractivity contribution in [2.24, 2.45) is 0 Å². The Labute approximate surface area is 133 Å². The highest BCUT2D eigenvalue weighted by molar-refractivity contribution is 6.30. The molecule has 5 nitrogen and oxygen atoms in total. The van der Waals surface area contributed by atoms with E-state index in [2.05, 4.69) is 10.6 Å². The number of carbonyl (C=O) groups is 2. The molecule has 7 heteroatoms. The summed E-state index contributed by atoms with van der Waals surface area (Å²) in [6.45, 7) is 0.837. The van der Waals surface area contributed by atoms with E-state index in [0.29, 0.717) is 31.0 Å². The molecule has 0 spiro atoms. The molecule has 0 heterocycles. The van der Waals surface area contributed by atoms with Gasteiger partial charge in [-0.05, 0) is 24.1 Å². The van der Waals surface area contributed by atoms with Crippen LogP contribution in [0.3, 0.4) is 0 Å². The van der Waals surface area contributed by atoms with Crippen LogP contribution in [0.5, 0.6) is 0 Å². The predicted molar refractivity (Wildman–Crippen MR) is 82.9 cm³/mol. The zero-order valence-corrected chi connectivity index (χ0v) is 13.0. The van der Waals surface area contributed by atoms with E-state index in [0.717, 1.165) is 5.56 Å². The lowest BCUT2D eigenvalue weighted by Crippen LogP contribution is -2.35. The second-order valence-electron chi connectivity index (χ2n) is 4.23. The van der Waals surface area contributed by atoms with E-state index in [9.17, 15) is 9.59 Å². The second kappa shape index (κ2) is 10.3. The van der Waals surface area contributed by atoms with E-state index in [1.54, 1.807) is 12.1 Å². The minimum atomic E-state index is -0.536. The van der Waals surface area contributed by atoms with Crippen LogP contribution in [0.25, 0.3) is 0 Å². The van der Waals surface area contributed by atoms with E-state index in [1.165, 1.54) is 0 Å². The lowest BCUT2D eigenvalue weighted by atomic mass is 10.1. The van der Waals surface area contributed by atoms with Crippen molar-refractivity contribution in [1.29, 1.82) is 0 Å².